The fraction of sp³-hybridized carbons (Fsp3) is 0.276. The number of benzene rings is 2. The number of ether oxygens (including phenoxy) is 1. The van der Waals surface area contributed by atoms with Crippen LogP contribution in [0.3, 0.4) is 0 Å². The van der Waals surface area contributed by atoms with Crippen molar-refractivity contribution in [3.05, 3.63) is 101 Å². The molecule has 12 heteroatoms. The Hall–Kier alpha value is -4.42. The Morgan fingerprint density at radius 2 is 1.93 bits per heavy atom. The van der Waals surface area contributed by atoms with Gasteiger partial charge in [-0.2, -0.15) is 19.1 Å². The number of nitrogens with zero attached hydrogens (tertiary/aromatic N) is 2. The average Bonchev–Trinajstić information content (AvgIpc) is 2.98. The van der Waals surface area contributed by atoms with Crippen molar-refractivity contribution in [2.75, 3.05) is 36.5 Å². The molecule has 9 nitrogen and oxygen atoms in total. The average molecular weight is 570 g/mol. The number of aryl methyl sites for hydroxylation is 1. The Balaban J connectivity index is 1.48. The lowest BCUT2D eigenvalue weighted by atomic mass is 10.0. The number of hydrogen-bond donors (Lipinski definition) is 3. The highest BCUT2D eigenvalue weighted by Crippen LogP contribution is 2.33. The molecule has 2 amide bonds. The first kappa shape index (κ1) is 29.6. The molecule has 1 saturated heterocycles. The number of alkyl halides is 3. The van der Waals surface area contributed by atoms with Crippen LogP contribution in [-0.4, -0.2) is 43.1 Å². The van der Waals surface area contributed by atoms with E-state index in [-0.39, 0.29) is 24.3 Å². The lowest BCUT2D eigenvalue weighted by Crippen LogP contribution is -2.36. The van der Waals surface area contributed by atoms with E-state index in [0.29, 0.717) is 37.7 Å². The zero-order valence-electron chi connectivity index (χ0n) is 22.3. The van der Waals surface area contributed by atoms with Crippen LogP contribution in [0.4, 0.5) is 24.5 Å². The molecule has 0 spiro atoms. The van der Waals surface area contributed by atoms with Crippen LogP contribution in [0.15, 0.2) is 72.8 Å². The summed E-state index contributed by atoms with van der Waals surface area (Å²) in [5.74, 6) is 4.03. The molecule has 0 radical (unpaired) electrons. The molecule has 3 aromatic rings. The minimum Gasteiger partial charge on any atom is -0.406 e. The fourth-order valence-corrected chi connectivity index (χ4v) is 4.25. The Morgan fingerprint density at radius 3 is 2.61 bits per heavy atom. The normalized spacial score (nSPS) is 14.0. The Morgan fingerprint density at radius 1 is 1.15 bits per heavy atom. The van der Waals surface area contributed by atoms with Gasteiger partial charge in [0.1, 0.15) is 0 Å². The van der Waals surface area contributed by atoms with E-state index in [1.807, 2.05) is 13.0 Å². The monoisotopic (exact) mass is 569 g/mol. The molecular formula is C29H30F3N5O4. The van der Waals surface area contributed by atoms with Gasteiger partial charge in [-0.25, -0.2) is 0 Å². The number of carbonyl (C=O) groups excluding carboxylic acids is 2. The first-order valence-corrected chi connectivity index (χ1v) is 12.8. The molecule has 0 aliphatic carbocycles. The third-order valence-electron chi connectivity index (χ3n) is 6.52. The summed E-state index contributed by atoms with van der Waals surface area (Å²) in [7, 11) is 0. The van der Waals surface area contributed by atoms with Gasteiger partial charge in [0.15, 0.2) is 0 Å². The maximum absolute atomic E-state index is 13.6. The number of pyridine rings is 1. The zero-order valence-corrected chi connectivity index (χ0v) is 22.3. The van der Waals surface area contributed by atoms with Gasteiger partial charge in [-0.1, -0.05) is 12.1 Å². The maximum Gasteiger partial charge on any atom is 0.416 e. The molecule has 1 aliphatic rings. The van der Waals surface area contributed by atoms with E-state index in [9.17, 15) is 22.8 Å². The maximum atomic E-state index is 13.6. The first-order valence-electron chi connectivity index (χ1n) is 12.8. The number of anilines is 2. The van der Waals surface area contributed by atoms with Crippen LogP contribution >= 0.6 is 0 Å². The standard InChI is InChI=1S/C29H30F3N5O4/c1-19-4-6-24(14-21(19)5-7-26(41-33)28(39)35-18-20-3-2-8-34-17-20)36-27(38)22-13-23(29(30,31)32)16-25(15-22)37-9-11-40-12-10-37/h2-4,6-8,13-17H,5,9-12,18,33H2,1H3,(H,35,39)(H,36,38)/b26-7-. The molecule has 1 aromatic heterocycles. The highest BCUT2D eigenvalue weighted by Gasteiger charge is 2.32. The van der Waals surface area contributed by atoms with Gasteiger partial charge in [-0.05, 0) is 72.5 Å². The van der Waals surface area contributed by atoms with Crippen LogP contribution in [0.25, 0.3) is 0 Å². The van der Waals surface area contributed by atoms with Crippen molar-refractivity contribution in [1.82, 2.24) is 10.3 Å². The van der Waals surface area contributed by atoms with E-state index in [1.165, 1.54) is 12.1 Å². The van der Waals surface area contributed by atoms with Crippen molar-refractivity contribution in [1.29, 1.82) is 0 Å². The van der Waals surface area contributed by atoms with Crippen molar-refractivity contribution in [3.63, 3.8) is 0 Å². The van der Waals surface area contributed by atoms with Crippen LogP contribution in [-0.2, 0) is 33.5 Å². The predicted octanol–water partition coefficient (Wildman–Crippen LogP) is 4.13. The van der Waals surface area contributed by atoms with Crippen LogP contribution in [0.5, 0.6) is 0 Å². The van der Waals surface area contributed by atoms with Gasteiger partial charge < -0.3 is 25.1 Å². The number of aromatic nitrogens is 1. The second-order valence-electron chi connectivity index (χ2n) is 9.40. The van der Waals surface area contributed by atoms with Crippen molar-refractivity contribution in [3.8, 4) is 0 Å². The van der Waals surface area contributed by atoms with Gasteiger partial charge >= 0.3 is 6.18 Å². The van der Waals surface area contributed by atoms with Crippen molar-refractivity contribution in [2.24, 2.45) is 5.90 Å². The molecule has 2 heterocycles. The molecule has 2 aromatic carbocycles. The largest absolute Gasteiger partial charge is 0.416 e. The third-order valence-corrected chi connectivity index (χ3v) is 6.52. The number of allylic oxidation sites excluding steroid dienone is 1. The molecule has 41 heavy (non-hydrogen) atoms. The second-order valence-corrected chi connectivity index (χ2v) is 9.40. The lowest BCUT2D eigenvalue weighted by molar-refractivity contribution is -0.137. The number of carbonyl (C=O) groups is 2. The summed E-state index contributed by atoms with van der Waals surface area (Å²) in [6.07, 6.45) is 0.384. The van der Waals surface area contributed by atoms with Crippen molar-refractivity contribution >= 4 is 23.2 Å². The van der Waals surface area contributed by atoms with E-state index >= 15 is 0 Å². The molecule has 1 aliphatic heterocycles. The first-order chi connectivity index (χ1) is 19.6. The molecule has 4 rings (SSSR count). The number of morpholine rings is 1. The van der Waals surface area contributed by atoms with Crippen molar-refractivity contribution in [2.45, 2.75) is 26.1 Å². The third kappa shape index (κ3) is 8.05. The molecule has 0 unspecified atom stereocenters. The number of halogens is 3. The van der Waals surface area contributed by atoms with Crippen LogP contribution < -0.4 is 21.4 Å². The summed E-state index contributed by atoms with van der Waals surface area (Å²) in [4.78, 5) is 36.1. The van der Waals surface area contributed by atoms with Crippen LogP contribution in [0.2, 0.25) is 0 Å². The fourth-order valence-electron chi connectivity index (χ4n) is 4.25. The Kier molecular flexibility index (Phi) is 9.58. The number of rotatable bonds is 9. The molecular weight excluding hydrogens is 539 g/mol. The van der Waals surface area contributed by atoms with Crippen LogP contribution in [0.1, 0.15) is 32.6 Å². The summed E-state index contributed by atoms with van der Waals surface area (Å²) in [6, 6.07) is 12.0. The van der Waals surface area contributed by atoms with Crippen LogP contribution in [0, 0.1) is 6.92 Å². The van der Waals surface area contributed by atoms with Gasteiger partial charge in [0.05, 0.1) is 18.8 Å². The summed E-state index contributed by atoms with van der Waals surface area (Å²) >= 11 is 0. The predicted molar refractivity (Wildman–Crippen MR) is 147 cm³/mol. The molecule has 0 bridgehead atoms. The summed E-state index contributed by atoms with van der Waals surface area (Å²) < 4.78 is 46.2. The highest BCUT2D eigenvalue weighted by atomic mass is 19.4. The number of amides is 2. The van der Waals surface area contributed by atoms with Gasteiger partial charge in [0.2, 0.25) is 5.76 Å². The number of nitrogens with one attached hydrogen (secondary N) is 2. The van der Waals surface area contributed by atoms with Gasteiger partial charge in [-0.15, -0.1) is 0 Å². The lowest BCUT2D eigenvalue weighted by Gasteiger charge is -2.29. The summed E-state index contributed by atoms with van der Waals surface area (Å²) in [5.41, 5.74) is 2.07. The molecule has 0 atom stereocenters. The van der Waals surface area contributed by atoms with E-state index in [2.05, 4.69) is 15.6 Å². The quantitative estimate of drug-likeness (QED) is 0.201. The second kappa shape index (κ2) is 13.3. The summed E-state index contributed by atoms with van der Waals surface area (Å²) in [5, 5.41) is 5.39. The molecule has 216 valence electrons. The van der Waals surface area contributed by atoms with Crippen molar-refractivity contribution < 1.29 is 32.3 Å². The topological polar surface area (TPSA) is 119 Å². The van der Waals surface area contributed by atoms with E-state index < -0.39 is 23.6 Å². The Labute approximate surface area is 235 Å². The minimum atomic E-state index is -4.62. The smallest absolute Gasteiger partial charge is 0.406 e. The Bertz CT molecular complexity index is 1410. The minimum absolute atomic E-state index is 0.0951. The highest BCUT2D eigenvalue weighted by molar-refractivity contribution is 6.05. The molecule has 0 saturated carbocycles. The van der Waals surface area contributed by atoms with Gasteiger partial charge in [0.25, 0.3) is 11.8 Å². The van der Waals surface area contributed by atoms with E-state index in [1.54, 1.807) is 41.6 Å². The zero-order chi connectivity index (χ0) is 29.4. The SMILES string of the molecule is Cc1ccc(NC(=O)c2cc(N3CCOCC3)cc(C(F)(F)F)c2)cc1C/C=C(\ON)C(=O)NCc1cccnc1. The van der Waals surface area contributed by atoms with Gasteiger partial charge in [0, 0.05) is 49.0 Å². The van der Waals surface area contributed by atoms with Gasteiger partial charge in [-0.3, -0.25) is 14.6 Å². The summed E-state index contributed by atoms with van der Waals surface area (Å²) in [6.45, 7) is 3.71. The number of hydrogen-bond acceptors (Lipinski definition) is 7. The van der Waals surface area contributed by atoms with E-state index in [0.717, 1.165) is 28.8 Å². The van der Waals surface area contributed by atoms with E-state index in [4.69, 9.17) is 15.5 Å². The molecule has 4 N–H and O–H groups in total. The molecule has 1 fully saturated rings. The number of nitrogens with two attached hydrogens (primary N) is 1.